The molecule has 10 heteroatoms. The standard InChI is InChI=1S/C20H19BrFN7O/c1-13-19(14(2)29(25-13)10-15-3-5-17(22)6-4-15)24-20(30)18-7-8-27(26-18)12-28-11-16(21)9-23-28/h3-9,11H,10,12H2,1-2H3,(H,24,30). The van der Waals surface area contributed by atoms with Gasteiger partial charge in [-0.2, -0.15) is 15.3 Å². The molecule has 0 aliphatic carbocycles. The molecule has 0 saturated carbocycles. The zero-order chi connectivity index (χ0) is 21.3. The number of benzene rings is 1. The maximum absolute atomic E-state index is 13.1. The second-order valence-corrected chi connectivity index (χ2v) is 7.78. The monoisotopic (exact) mass is 471 g/mol. The molecule has 3 aromatic heterocycles. The Bertz CT molecular complexity index is 1190. The fourth-order valence-corrected chi connectivity index (χ4v) is 3.43. The summed E-state index contributed by atoms with van der Waals surface area (Å²) in [6.07, 6.45) is 5.23. The van der Waals surface area contributed by atoms with Gasteiger partial charge in [0.25, 0.3) is 5.91 Å². The van der Waals surface area contributed by atoms with E-state index in [1.807, 2.05) is 20.0 Å². The van der Waals surface area contributed by atoms with Crippen LogP contribution in [0.2, 0.25) is 0 Å². The Labute approximate surface area is 180 Å². The Morgan fingerprint density at radius 1 is 1.13 bits per heavy atom. The third-order valence-corrected chi connectivity index (χ3v) is 5.04. The van der Waals surface area contributed by atoms with E-state index in [9.17, 15) is 9.18 Å². The average molecular weight is 472 g/mol. The number of carbonyl (C=O) groups excluding carboxylic acids is 1. The SMILES string of the molecule is Cc1nn(Cc2ccc(F)cc2)c(C)c1NC(=O)c1ccn(Cn2cc(Br)cn2)n1. The molecular formula is C20H19BrFN7O. The maximum atomic E-state index is 13.1. The van der Waals surface area contributed by atoms with Crippen LogP contribution in [0.5, 0.6) is 0 Å². The molecule has 154 valence electrons. The van der Waals surface area contributed by atoms with E-state index in [1.54, 1.807) is 44.6 Å². The van der Waals surface area contributed by atoms with Crippen molar-refractivity contribution in [3.05, 3.63) is 81.9 Å². The highest BCUT2D eigenvalue weighted by Gasteiger charge is 2.17. The summed E-state index contributed by atoms with van der Waals surface area (Å²) in [4.78, 5) is 12.7. The lowest BCUT2D eigenvalue weighted by Crippen LogP contribution is -2.16. The van der Waals surface area contributed by atoms with Crippen molar-refractivity contribution in [3.8, 4) is 0 Å². The zero-order valence-corrected chi connectivity index (χ0v) is 18.0. The van der Waals surface area contributed by atoms with Crippen LogP contribution in [-0.2, 0) is 13.2 Å². The highest BCUT2D eigenvalue weighted by Crippen LogP contribution is 2.21. The minimum absolute atomic E-state index is 0.278. The lowest BCUT2D eigenvalue weighted by molar-refractivity contribution is 0.102. The van der Waals surface area contributed by atoms with Gasteiger partial charge in [0, 0.05) is 12.4 Å². The summed E-state index contributed by atoms with van der Waals surface area (Å²) in [6, 6.07) is 7.93. The smallest absolute Gasteiger partial charge is 0.276 e. The minimum atomic E-state index is -0.317. The highest BCUT2D eigenvalue weighted by molar-refractivity contribution is 9.10. The van der Waals surface area contributed by atoms with E-state index in [1.165, 1.54) is 12.1 Å². The van der Waals surface area contributed by atoms with Crippen LogP contribution in [0.3, 0.4) is 0 Å². The second-order valence-electron chi connectivity index (χ2n) is 6.86. The van der Waals surface area contributed by atoms with Gasteiger partial charge in [-0.3, -0.25) is 14.2 Å². The van der Waals surface area contributed by atoms with E-state index in [0.717, 1.165) is 15.7 Å². The van der Waals surface area contributed by atoms with Gasteiger partial charge in [0.2, 0.25) is 0 Å². The Hall–Kier alpha value is -3.27. The van der Waals surface area contributed by atoms with Crippen LogP contribution in [0.25, 0.3) is 0 Å². The van der Waals surface area contributed by atoms with Crippen molar-refractivity contribution < 1.29 is 9.18 Å². The molecule has 0 aliphatic rings. The number of amides is 1. The van der Waals surface area contributed by atoms with Gasteiger partial charge < -0.3 is 5.32 Å². The Morgan fingerprint density at radius 2 is 1.90 bits per heavy atom. The first kappa shape index (κ1) is 20.0. The van der Waals surface area contributed by atoms with Gasteiger partial charge in [-0.15, -0.1) is 0 Å². The lowest BCUT2D eigenvalue weighted by Gasteiger charge is -2.07. The molecule has 8 nitrogen and oxygen atoms in total. The third kappa shape index (κ3) is 4.33. The van der Waals surface area contributed by atoms with E-state index in [-0.39, 0.29) is 11.7 Å². The number of hydrogen-bond acceptors (Lipinski definition) is 4. The molecule has 0 saturated heterocycles. The number of aryl methyl sites for hydroxylation is 1. The van der Waals surface area contributed by atoms with Crippen molar-refractivity contribution in [1.29, 1.82) is 0 Å². The fraction of sp³-hybridized carbons (Fsp3) is 0.200. The average Bonchev–Trinajstić information content (AvgIpc) is 3.41. The Morgan fingerprint density at radius 3 is 2.60 bits per heavy atom. The number of carbonyl (C=O) groups is 1. The van der Waals surface area contributed by atoms with E-state index < -0.39 is 0 Å². The van der Waals surface area contributed by atoms with Crippen LogP contribution in [-0.4, -0.2) is 35.2 Å². The van der Waals surface area contributed by atoms with Crippen molar-refractivity contribution in [2.24, 2.45) is 0 Å². The van der Waals surface area contributed by atoms with Crippen molar-refractivity contribution in [3.63, 3.8) is 0 Å². The molecule has 1 aromatic carbocycles. The molecule has 0 unspecified atom stereocenters. The van der Waals surface area contributed by atoms with Crippen LogP contribution in [0, 0.1) is 19.7 Å². The van der Waals surface area contributed by atoms with Crippen LogP contribution in [0.15, 0.2) is 53.4 Å². The quantitative estimate of drug-likeness (QED) is 0.465. The number of aromatic nitrogens is 6. The van der Waals surface area contributed by atoms with Crippen LogP contribution < -0.4 is 5.32 Å². The summed E-state index contributed by atoms with van der Waals surface area (Å²) in [5.41, 5.74) is 3.37. The summed E-state index contributed by atoms with van der Waals surface area (Å²) in [5.74, 6) is -0.595. The zero-order valence-electron chi connectivity index (χ0n) is 16.4. The number of nitrogens with one attached hydrogen (secondary N) is 1. The van der Waals surface area contributed by atoms with Crippen molar-refractivity contribution in [2.45, 2.75) is 27.1 Å². The molecule has 4 rings (SSSR count). The topological polar surface area (TPSA) is 82.6 Å². The fourth-order valence-electron chi connectivity index (χ4n) is 3.10. The number of hydrogen-bond donors (Lipinski definition) is 1. The summed E-state index contributed by atoms with van der Waals surface area (Å²) in [5, 5.41) is 15.9. The van der Waals surface area contributed by atoms with Gasteiger partial charge >= 0.3 is 0 Å². The molecule has 4 aromatic rings. The number of nitrogens with zero attached hydrogens (tertiary/aromatic N) is 6. The summed E-state index contributed by atoms with van der Waals surface area (Å²) in [6.45, 7) is 4.59. The van der Waals surface area contributed by atoms with E-state index in [0.29, 0.717) is 30.3 Å². The summed E-state index contributed by atoms with van der Waals surface area (Å²) >= 11 is 3.35. The van der Waals surface area contributed by atoms with Crippen molar-refractivity contribution in [1.82, 2.24) is 29.3 Å². The molecule has 30 heavy (non-hydrogen) atoms. The van der Waals surface area contributed by atoms with E-state index in [2.05, 4.69) is 36.5 Å². The van der Waals surface area contributed by atoms with Crippen molar-refractivity contribution >= 4 is 27.5 Å². The maximum Gasteiger partial charge on any atom is 0.276 e. The van der Waals surface area contributed by atoms with Crippen LogP contribution in [0.1, 0.15) is 27.4 Å². The molecular weight excluding hydrogens is 453 g/mol. The minimum Gasteiger partial charge on any atom is -0.317 e. The van der Waals surface area contributed by atoms with Gasteiger partial charge in [0.1, 0.15) is 12.5 Å². The number of rotatable bonds is 6. The first-order valence-corrected chi connectivity index (χ1v) is 9.99. The number of halogens is 2. The molecule has 0 atom stereocenters. The van der Waals surface area contributed by atoms with Crippen LogP contribution >= 0.6 is 15.9 Å². The van der Waals surface area contributed by atoms with Gasteiger partial charge in [0.05, 0.1) is 34.3 Å². The molecule has 0 fully saturated rings. The molecule has 3 heterocycles. The predicted octanol–water partition coefficient (Wildman–Crippen LogP) is 3.60. The molecule has 1 N–H and O–H groups in total. The molecule has 0 aliphatic heterocycles. The number of anilines is 1. The van der Waals surface area contributed by atoms with Gasteiger partial charge in [-0.25, -0.2) is 9.07 Å². The second kappa shape index (κ2) is 8.23. The Balaban J connectivity index is 1.47. The normalized spacial score (nSPS) is 11.1. The lowest BCUT2D eigenvalue weighted by atomic mass is 10.2. The van der Waals surface area contributed by atoms with Crippen LogP contribution in [0.4, 0.5) is 10.1 Å². The molecule has 0 radical (unpaired) electrons. The predicted molar refractivity (Wildman–Crippen MR) is 113 cm³/mol. The van der Waals surface area contributed by atoms with E-state index >= 15 is 0 Å². The van der Waals surface area contributed by atoms with Gasteiger partial charge in [0.15, 0.2) is 5.69 Å². The van der Waals surface area contributed by atoms with Gasteiger partial charge in [-0.05, 0) is 53.5 Å². The van der Waals surface area contributed by atoms with Gasteiger partial charge in [-0.1, -0.05) is 12.1 Å². The first-order chi connectivity index (χ1) is 14.4. The van der Waals surface area contributed by atoms with E-state index in [4.69, 9.17) is 0 Å². The summed E-state index contributed by atoms with van der Waals surface area (Å²) in [7, 11) is 0. The molecule has 1 amide bonds. The van der Waals surface area contributed by atoms with Crippen molar-refractivity contribution in [2.75, 3.05) is 5.32 Å². The summed E-state index contributed by atoms with van der Waals surface area (Å²) < 4.78 is 19.1. The third-order valence-electron chi connectivity index (χ3n) is 4.63. The molecule has 0 spiro atoms. The Kier molecular flexibility index (Phi) is 5.49. The molecule has 0 bridgehead atoms. The highest BCUT2D eigenvalue weighted by atomic mass is 79.9. The first-order valence-electron chi connectivity index (χ1n) is 9.20. The largest absolute Gasteiger partial charge is 0.317 e.